The summed E-state index contributed by atoms with van der Waals surface area (Å²) in [5.41, 5.74) is 2.65. The van der Waals surface area contributed by atoms with Crippen molar-refractivity contribution >= 4 is 22.8 Å². The van der Waals surface area contributed by atoms with Crippen molar-refractivity contribution in [3.05, 3.63) is 41.0 Å². The number of benzene rings is 2. The van der Waals surface area contributed by atoms with Crippen LogP contribution in [0.2, 0.25) is 0 Å². The first-order valence-corrected chi connectivity index (χ1v) is 9.23. The van der Waals surface area contributed by atoms with Gasteiger partial charge in [-0.3, -0.25) is 0 Å². The van der Waals surface area contributed by atoms with Crippen LogP contribution in [-0.2, 0) is 20.7 Å². The van der Waals surface area contributed by atoms with E-state index in [9.17, 15) is 4.79 Å². The van der Waals surface area contributed by atoms with E-state index in [1.165, 1.54) is 0 Å². The van der Waals surface area contributed by atoms with Crippen LogP contribution < -0.4 is 9.47 Å². The molecular formula is C22H28O5. The molecule has 2 rings (SSSR count). The lowest BCUT2D eigenvalue weighted by Crippen LogP contribution is -2.07. The van der Waals surface area contributed by atoms with E-state index < -0.39 is 0 Å². The molecule has 0 N–H and O–H groups in total. The molecule has 0 spiro atoms. The Morgan fingerprint density at radius 2 is 1.93 bits per heavy atom. The molecule has 5 nitrogen and oxygen atoms in total. The second-order valence-electron chi connectivity index (χ2n) is 5.98. The summed E-state index contributed by atoms with van der Waals surface area (Å²) >= 11 is 0. The van der Waals surface area contributed by atoms with Gasteiger partial charge in [0, 0.05) is 18.1 Å². The summed E-state index contributed by atoms with van der Waals surface area (Å²) in [7, 11) is 3.19. The number of rotatable bonds is 9. The lowest BCUT2D eigenvalue weighted by atomic mass is 9.95. The molecule has 0 saturated heterocycles. The molecule has 0 bridgehead atoms. The second kappa shape index (κ2) is 9.97. The highest BCUT2D eigenvalue weighted by molar-refractivity contribution is 6.02. The third-order valence-corrected chi connectivity index (χ3v) is 4.37. The lowest BCUT2D eigenvalue weighted by Gasteiger charge is -2.17. The van der Waals surface area contributed by atoms with Crippen LogP contribution >= 0.6 is 0 Å². The van der Waals surface area contributed by atoms with Crippen molar-refractivity contribution < 1.29 is 23.7 Å². The summed E-state index contributed by atoms with van der Waals surface area (Å²) in [5, 5.41) is 1.97. The number of fused-ring (bicyclic) bond motifs is 1. The van der Waals surface area contributed by atoms with Crippen molar-refractivity contribution in [2.45, 2.75) is 33.6 Å². The number of aryl methyl sites for hydroxylation is 1. The van der Waals surface area contributed by atoms with Crippen molar-refractivity contribution in [3.63, 3.8) is 0 Å². The fraction of sp³-hybridized carbons (Fsp3) is 0.409. The third-order valence-electron chi connectivity index (χ3n) is 4.37. The maximum atomic E-state index is 12.2. The van der Waals surface area contributed by atoms with Gasteiger partial charge in [-0.05, 0) is 48.4 Å². The number of esters is 1. The van der Waals surface area contributed by atoms with Gasteiger partial charge in [-0.15, -0.1) is 0 Å². The summed E-state index contributed by atoms with van der Waals surface area (Å²) in [6.45, 7) is 6.32. The molecule has 5 heteroatoms. The summed E-state index contributed by atoms with van der Waals surface area (Å²) in [6, 6.07) is 8.00. The molecule has 0 aliphatic carbocycles. The summed E-state index contributed by atoms with van der Waals surface area (Å²) in [5.74, 6) is 0.961. The molecule has 0 saturated carbocycles. The standard InChI is InChI=1S/C22H28O5/c1-6-15-10-9-11-18-17(12-16(7-2)22(23)26-8-3)13-19(25-5)21(20(15)18)27-14-24-4/h9-13H,6-8,14H2,1-5H3/b16-12+. The maximum absolute atomic E-state index is 12.2. The Morgan fingerprint density at radius 1 is 1.15 bits per heavy atom. The molecule has 0 amide bonds. The molecule has 0 atom stereocenters. The maximum Gasteiger partial charge on any atom is 0.333 e. The van der Waals surface area contributed by atoms with E-state index in [1.54, 1.807) is 21.1 Å². The lowest BCUT2D eigenvalue weighted by molar-refractivity contribution is -0.138. The molecule has 2 aromatic carbocycles. The third kappa shape index (κ3) is 4.61. The monoisotopic (exact) mass is 372 g/mol. The largest absolute Gasteiger partial charge is 0.493 e. The van der Waals surface area contributed by atoms with Gasteiger partial charge in [0.1, 0.15) is 0 Å². The van der Waals surface area contributed by atoms with Crippen molar-refractivity contribution in [1.82, 2.24) is 0 Å². The van der Waals surface area contributed by atoms with E-state index in [0.717, 1.165) is 28.3 Å². The van der Waals surface area contributed by atoms with Crippen molar-refractivity contribution in [3.8, 4) is 11.5 Å². The average molecular weight is 372 g/mol. The van der Waals surface area contributed by atoms with E-state index >= 15 is 0 Å². The van der Waals surface area contributed by atoms with Crippen LogP contribution in [0.3, 0.4) is 0 Å². The number of hydrogen-bond donors (Lipinski definition) is 0. The molecular weight excluding hydrogens is 344 g/mol. The molecule has 0 aromatic heterocycles. The zero-order chi connectivity index (χ0) is 19.8. The SMILES string of the molecule is CCOC(=O)/C(=C/c1cc(OC)c(OCOC)c2c(CC)cccc12)CC. The normalized spacial score (nSPS) is 11.5. The Balaban J connectivity index is 2.76. The van der Waals surface area contributed by atoms with Gasteiger partial charge in [-0.25, -0.2) is 4.79 Å². The first-order chi connectivity index (χ1) is 13.1. The van der Waals surface area contributed by atoms with Gasteiger partial charge < -0.3 is 18.9 Å². The Kier molecular flexibility index (Phi) is 7.67. The minimum atomic E-state index is -0.293. The topological polar surface area (TPSA) is 54.0 Å². The predicted octanol–water partition coefficient (Wildman–Crippen LogP) is 4.75. The Morgan fingerprint density at radius 3 is 2.52 bits per heavy atom. The Hall–Kier alpha value is -2.53. The van der Waals surface area contributed by atoms with E-state index in [2.05, 4.69) is 13.0 Å². The van der Waals surface area contributed by atoms with Crippen LogP contribution in [-0.4, -0.2) is 33.6 Å². The van der Waals surface area contributed by atoms with Gasteiger partial charge in [-0.1, -0.05) is 32.0 Å². The molecule has 2 aromatic rings. The molecule has 27 heavy (non-hydrogen) atoms. The average Bonchev–Trinajstić information content (AvgIpc) is 2.69. The van der Waals surface area contributed by atoms with E-state index in [1.807, 2.05) is 31.2 Å². The number of carbonyl (C=O) groups is 1. The predicted molar refractivity (Wildman–Crippen MR) is 107 cm³/mol. The fourth-order valence-electron chi connectivity index (χ4n) is 3.06. The van der Waals surface area contributed by atoms with Gasteiger partial charge in [0.15, 0.2) is 18.3 Å². The van der Waals surface area contributed by atoms with Crippen LogP contribution in [0.5, 0.6) is 11.5 Å². The van der Waals surface area contributed by atoms with Crippen LogP contribution in [0.1, 0.15) is 38.3 Å². The zero-order valence-electron chi connectivity index (χ0n) is 16.8. The molecule has 0 aliphatic heterocycles. The zero-order valence-corrected chi connectivity index (χ0v) is 16.8. The van der Waals surface area contributed by atoms with Gasteiger partial charge in [-0.2, -0.15) is 0 Å². The Labute approximate surface area is 160 Å². The van der Waals surface area contributed by atoms with Crippen LogP contribution in [0.25, 0.3) is 16.8 Å². The summed E-state index contributed by atoms with van der Waals surface area (Å²) in [6.07, 6.45) is 3.30. The van der Waals surface area contributed by atoms with Gasteiger partial charge >= 0.3 is 5.97 Å². The highest BCUT2D eigenvalue weighted by atomic mass is 16.7. The molecule has 146 valence electrons. The van der Waals surface area contributed by atoms with Crippen LogP contribution in [0.4, 0.5) is 0 Å². The minimum Gasteiger partial charge on any atom is -0.493 e. The number of ether oxygens (including phenoxy) is 4. The van der Waals surface area contributed by atoms with Crippen LogP contribution in [0.15, 0.2) is 29.8 Å². The first kappa shape index (κ1) is 20.8. The quantitative estimate of drug-likeness (QED) is 0.361. The van der Waals surface area contributed by atoms with Crippen molar-refractivity contribution in [1.29, 1.82) is 0 Å². The van der Waals surface area contributed by atoms with E-state index in [-0.39, 0.29) is 12.8 Å². The van der Waals surface area contributed by atoms with Crippen LogP contribution in [0, 0.1) is 0 Å². The number of methoxy groups -OCH3 is 2. The van der Waals surface area contributed by atoms with Crippen molar-refractivity contribution in [2.75, 3.05) is 27.6 Å². The summed E-state index contributed by atoms with van der Waals surface area (Å²) in [4.78, 5) is 12.2. The smallest absolute Gasteiger partial charge is 0.333 e. The second-order valence-corrected chi connectivity index (χ2v) is 5.98. The molecule has 0 unspecified atom stereocenters. The molecule has 0 fully saturated rings. The molecule has 0 aliphatic rings. The van der Waals surface area contributed by atoms with E-state index in [0.29, 0.717) is 30.1 Å². The van der Waals surface area contributed by atoms with Crippen molar-refractivity contribution in [2.24, 2.45) is 0 Å². The Bertz CT molecular complexity index is 823. The van der Waals surface area contributed by atoms with Gasteiger partial charge in [0.2, 0.25) is 0 Å². The number of hydrogen-bond acceptors (Lipinski definition) is 5. The van der Waals surface area contributed by atoms with Gasteiger partial charge in [0.25, 0.3) is 0 Å². The first-order valence-electron chi connectivity index (χ1n) is 9.23. The molecule has 0 radical (unpaired) electrons. The minimum absolute atomic E-state index is 0.127. The fourth-order valence-corrected chi connectivity index (χ4v) is 3.06. The molecule has 0 heterocycles. The highest BCUT2D eigenvalue weighted by Gasteiger charge is 2.17. The highest BCUT2D eigenvalue weighted by Crippen LogP contribution is 2.41. The summed E-state index contributed by atoms with van der Waals surface area (Å²) < 4.78 is 21.7. The van der Waals surface area contributed by atoms with Gasteiger partial charge in [0.05, 0.1) is 13.7 Å². The number of carbonyl (C=O) groups excluding carboxylic acids is 1. The van der Waals surface area contributed by atoms with E-state index in [4.69, 9.17) is 18.9 Å².